The summed E-state index contributed by atoms with van der Waals surface area (Å²) in [5, 5.41) is 11.4. The Morgan fingerprint density at radius 2 is 2.00 bits per heavy atom. The molecule has 0 heterocycles. The standard InChI is InChI=1S/C14H19NO4/c1-2-3-9-12(14(17)18)15-13(16)10-19-11-7-5-4-6-8-11/h4-8,12H,2-3,9-10H2,1H3,(H,15,16)(H,17,18). The fraction of sp³-hybridized carbons (Fsp3) is 0.429. The first-order chi connectivity index (χ1) is 9.13. The van der Waals surface area contributed by atoms with Gasteiger partial charge in [-0.05, 0) is 18.6 Å². The molecule has 5 heteroatoms. The molecule has 0 aromatic heterocycles. The second kappa shape index (κ2) is 8.13. The summed E-state index contributed by atoms with van der Waals surface area (Å²) in [5.41, 5.74) is 0. The Bertz CT molecular complexity index is 405. The zero-order chi connectivity index (χ0) is 14.1. The summed E-state index contributed by atoms with van der Waals surface area (Å²) in [7, 11) is 0. The average Bonchev–Trinajstić information content (AvgIpc) is 2.42. The van der Waals surface area contributed by atoms with Crippen LogP contribution < -0.4 is 10.1 Å². The summed E-state index contributed by atoms with van der Waals surface area (Å²) >= 11 is 0. The number of para-hydroxylation sites is 1. The molecule has 0 radical (unpaired) electrons. The van der Waals surface area contributed by atoms with E-state index in [9.17, 15) is 9.59 Å². The second-order valence-electron chi connectivity index (χ2n) is 4.20. The number of benzene rings is 1. The second-order valence-corrected chi connectivity index (χ2v) is 4.20. The van der Waals surface area contributed by atoms with Crippen LogP contribution in [-0.4, -0.2) is 29.6 Å². The molecule has 1 amide bonds. The molecule has 0 fully saturated rings. The molecule has 1 unspecified atom stereocenters. The third kappa shape index (κ3) is 5.90. The maximum atomic E-state index is 11.6. The van der Waals surface area contributed by atoms with E-state index in [1.54, 1.807) is 24.3 Å². The first-order valence-corrected chi connectivity index (χ1v) is 6.33. The van der Waals surface area contributed by atoms with Crippen molar-refractivity contribution in [2.45, 2.75) is 32.2 Å². The number of aliphatic carboxylic acids is 1. The monoisotopic (exact) mass is 265 g/mol. The van der Waals surface area contributed by atoms with Gasteiger partial charge in [0.15, 0.2) is 6.61 Å². The highest BCUT2D eigenvalue weighted by Crippen LogP contribution is 2.08. The summed E-state index contributed by atoms with van der Waals surface area (Å²) in [6.07, 6.45) is 2.08. The van der Waals surface area contributed by atoms with Crippen molar-refractivity contribution in [3.63, 3.8) is 0 Å². The van der Waals surface area contributed by atoms with Crippen molar-refractivity contribution in [2.75, 3.05) is 6.61 Å². The fourth-order valence-corrected chi connectivity index (χ4v) is 1.57. The van der Waals surface area contributed by atoms with Gasteiger partial charge in [-0.2, -0.15) is 0 Å². The van der Waals surface area contributed by atoms with Crippen LogP contribution in [0.25, 0.3) is 0 Å². The smallest absolute Gasteiger partial charge is 0.326 e. The van der Waals surface area contributed by atoms with Crippen molar-refractivity contribution in [3.05, 3.63) is 30.3 Å². The van der Waals surface area contributed by atoms with Crippen LogP contribution in [0.4, 0.5) is 0 Å². The van der Waals surface area contributed by atoms with Crippen molar-refractivity contribution >= 4 is 11.9 Å². The summed E-state index contributed by atoms with van der Waals surface area (Å²) in [6, 6.07) is 8.08. The maximum absolute atomic E-state index is 11.6. The van der Waals surface area contributed by atoms with Crippen LogP contribution in [0.5, 0.6) is 5.75 Å². The molecule has 19 heavy (non-hydrogen) atoms. The molecule has 1 atom stereocenters. The van der Waals surface area contributed by atoms with Gasteiger partial charge >= 0.3 is 5.97 Å². The van der Waals surface area contributed by atoms with Crippen LogP contribution in [0.2, 0.25) is 0 Å². The van der Waals surface area contributed by atoms with Gasteiger partial charge in [0.2, 0.25) is 0 Å². The van der Waals surface area contributed by atoms with Gasteiger partial charge in [-0.15, -0.1) is 0 Å². The molecule has 0 aliphatic heterocycles. The van der Waals surface area contributed by atoms with Crippen LogP contribution in [0, 0.1) is 0 Å². The minimum Gasteiger partial charge on any atom is -0.484 e. The summed E-state index contributed by atoms with van der Waals surface area (Å²) in [5.74, 6) is -0.855. The first-order valence-electron chi connectivity index (χ1n) is 6.33. The number of rotatable bonds is 8. The molecule has 0 aliphatic carbocycles. The van der Waals surface area contributed by atoms with Crippen molar-refractivity contribution < 1.29 is 19.4 Å². The Balaban J connectivity index is 2.38. The molecule has 2 N–H and O–H groups in total. The number of amides is 1. The van der Waals surface area contributed by atoms with E-state index in [1.807, 2.05) is 13.0 Å². The molecule has 104 valence electrons. The molecule has 1 aromatic carbocycles. The maximum Gasteiger partial charge on any atom is 0.326 e. The number of hydrogen-bond acceptors (Lipinski definition) is 3. The molecule has 0 bridgehead atoms. The van der Waals surface area contributed by atoms with Gasteiger partial charge in [0.05, 0.1) is 0 Å². The fourth-order valence-electron chi connectivity index (χ4n) is 1.57. The van der Waals surface area contributed by atoms with E-state index in [1.165, 1.54) is 0 Å². The quantitative estimate of drug-likeness (QED) is 0.752. The average molecular weight is 265 g/mol. The Morgan fingerprint density at radius 3 is 2.58 bits per heavy atom. The Morgan fingerprint density at radius 1 is 1.32 bits per heavy atom. The van der Waals surface area contributed by atoms with Crippen molar-refractivity contribution in [3.8, 4) is 5.75 Å². The van der Waals surface area contributed by atoms with E-state index in [4.69, 9.17) is 9.84 Å². The summed E-state index contributed by atoms with van der Waals surface area (Å²) < 4.78 is 5.25. The lowest BCUT2D eigenvalue weighted by Gasteiger charge is -2.14. The molecule has 0 saturated carbocycles. The van der Waals surface area contributed by atoms with Crippen LogP contribution >= 0.6 is 0 Å². The molecular formula is C14H19NO4. The van der Waals surface area contributed by atoms with Gasteiger partial charge in [0.1, 0.15) is 11.8 Å². The van der Waals surface area contributed by atoms with Crippen molar-refractivity contribution in [1.82, 2.24) is 5.32 Å². The number of carboxylic acids is 1. The van der Waals surface area contributed by atoms with Crippen molar-refractivity contribution in [2.24, 2.45) is 0 Å². The minimum absolute atomic E-state index is 0.181. The molecule has 0 spiro atoms. The molecule has 5 nitrogen and oxygen atoms in total. The zero-order valence-corrected chi connectivity index (χ0v) is 11.0. The van der Waals surface area contributed by atoms with E-state index >= 15 is 0 Å². The normalized spacial score (nSPS) is 11.6. The highest BCUT2D eigenvalue weighted by atomic mass is 16.5. The topological polar surface area (TPSA) is 75.6 Å². The largest absolute Gasteiger partial charge is 0.484 e. The third-order valence-corrected chi connectivity index (χ3v) is 2.59. The SMILES string of the molecule is CCCCC(NC(=O)COc1ccccc1)C(=O)O. The van der Waals surface area contributed by atoms with E-state index in [-0.39, 0.29) is 6.61 Å². The predicted octanol–water partition coefficient (Wildman–Crippen LogP) is 1.82. The number of carbonyl (C=O) groups excluding carboxylic acids is 1. The number of unbranched alkanes of at least 4 members (excludes halogenated alkanes) is 1. The zero-order valence-electron chi connectivity index (χ0n) is 11.0. The van der Waals surface area contributed by atoms with Gasteiger partial charge in [-0.1, -0.05) is 38.0 Å². The highest BCUT2D eigenvalue weighted by molar-refractivity contribution is 5.84. The third-order valence-electron chi connectivity index (χ3n) is 2.59. The minimum atomic E-state index is -1.01. The van der Waals surface area contributed by atoms with Gasteiger partial charge in [-0.3, -0.25) is 4.79 Å². The molecule has 0 aliphatic rings. The summed E-state index contributed by atoms with van der Waals surface area (Å²) in [4.78, 5) is 22.6. The molecular weight excluding hydrogens is 246 g/mol. The van der Waals surface area contributed by atoms with Crippen LogP contribution in [0.3, 0.4) is 0 Å². The lowest BCUT2D eigenvalue weighted by atomic mass is 10.1. The molecule has 0 saturated heterocycles. The first kappa shape index (κ1) is 15.0. The molecule has 1 aromatic rings. The van der Waals surface area contributed by atoms with Crippen LogP contribution in [0.1, 0.15) is 26.2 Å². The van der Waals surface area contributed by atoms with Crippen LogP contribution in [0.15, 0.2) is 30.3 Å². The Hall–Kier alpha value is -2.04. The Kier molecular flexibility index (Phi) is 6.43. The number of nitrogens with one attached hydrogen (secondary N) is 1. The van der Waals surface area contributed by atoms with Gasteiger partial charge in [-0.25, -0.2) is 4.79 Å². The van der Waals surface area contributed by atoms with Gasteiger partial charge in [0.25, 0.3) is 5.91 Å². The Labute approximate surface area is 112 Å². The van der Waals surface area contributed by atoms with E-state index in [2.05, 4.69) is 5.32 Å². The van der Waals surface area contributed by atoms with E-state index < -0.39 is 17.9 Å². The van der Waals surface area contributed by atoms with E-state index in [0.29, 0.717) is 12.2 Å². The van der Waals surface area contributed by atoms with Crippen LogP contribution in [-0.2, 0) is 9.59 Å². The highest BCUT2D eigenvalue weighted by Gasteiger charge is 2.19. The molecule has 1 rings (SSSR count). The number of hydrogen-bond donors (Lipinski definition) is 2. The van der Waals surface area contributed by atoms with Crippen molar-refractivity contribution in [1.29, 1.82) is 0 Å². The number of carbonyl (C=O) groups is 2. The number of ether oxygens (including phenoxy) is 1. The van der Waals surface area contributed by atoms with E-state index in [0.717, 1.165) is 12.8 Å². The predicted molar refractivity (Wildman–Crippen MR) is 71.0 cm³/mol. The van der Waals surface area contributed by atoms with Gasteiger partial charge in [0, 0.05) is 0 Å². The summed E-state index contributed by atoms with van der Waals surface area (Å²) in [6.45, 7) is 1.79. The lowest BCUT2D eigenvalue weighted by molar-refractivity contribution is -0.142. The lowest BCUT2D eigenvalue weighted by Crippen LogP contribution is -2.42. The number of carboxylic acid groups (broad SMARTS) is 1. The van der Waals surface area contributed by atoms with Gasteiger partial charge < -0.3 is 15.2 Å².